The summed E-state index contributed by atoms with van der Waals surface area (Å²) in [6.07, 6.45) is 9.81. The maximum atomic E-state index is 5.86. The molecular formula is C25H25N3O3. The summed E-state index contributed by atoms with van der Waals surface area (Å²) < 4.78 is 19.1. The standard InChI is InChI=1S/C25H25N3O3/c1-3-22(30-15-16-31-23-8-13-29-14-9-23)4-2-20(1)24-18-27-25-17-21(7-12-28(24)25)19-5-10-26-11-6-19/h1-7,10-12,17-18,23H,8-9,13-16H2. The molecule has 1 saturated heterocycles. The molecule has 0 bridgehead atoms. The number of fused-ring (bicyclic) bond motifs is 1. The fourth-order valence-corrected chi connectivity index (χ4v) is 3.86. The third kappa shape index (κ3) is 4.60. The van der Waals surface area contributed by atoms with Gasteiger partial charge in [0.05, 0.1) is 24.6 Å². The molecule has 0 atom stereocenters. The van der Waals surface area contributed by atoms with Gasteiger partial charge in [-0.25, -0.2) is 4.98 Å². The normalized spacial score (nSPS) is 14.7. The van der Waals surface area contributed by atoms with Crippen molar-refractivity contribution in [1.82, 2.24) is 14.4 Å². The van der Waals surface area contributed by atoms with E-state index >= 15 is 0 Å². The van der Waals surface area contributed by atoms with Gasteiger partial charge in [-0.1, -0.05) is 0 Å². The predicted molar refractivity (Wildman–Crippen MR) is 119 cm³/mol. The van der Waals surface area contributed by atoms with Crippen molar-refractivity contribution < 1.29 is 14.2 Å². The van der Waals surface area contributed by atoms with Crippen molar-refractivity contribution in [2.45, 2.75) is 18.9 Å². The molecular weight excluding hydrogens is 390 g/mol. The number of pyridine rings is 2. The van der Waals surface area contributed by atoms with Crippen molar-refractivity contribution in [2.24, 2.45) is 0 Å². The SMILES string of the molecule is c1cc(-c2ccn3c(-c4ccc(OCCOC5CCOCC5)cc4)cnc3c2)ccn1. The van der Waals surface area contributed by atoms with Crippen molar-refractivity contribution in [1.29, 1.82) is 0 Å². The monoisotopic (exact) mass is 415 g/mol. The third-order valence-corrected chi connectivity index (χ3v) is 5.55. The molecule has 1 aromatic carbocycles. The number of hydrogen-bond donors (Lipinski definition) is 0. The van der Waals surface area contributed by atoms with Gasteiger partial charge in [0.2, 0.25) is 0 Å². The zero-order valence-electron chi connectivity index (χ0n) is 17.3. The highest BCUT2D eigenvalue weighted by molar-refractivity contribution is 5.70. The molecule has 0 unspecified atom stereocenters. The number of nitrogens with zero attached hydrogens (tertiary/aromatic N) is 3. The maximum absolute atomic E-state index is 5.86. The van der Waals surface area contributed by atoms with Crippen LogP contribution < -0.4 is 4.74 Å². The van der Waals surface area contributed by atoms with Crippen molar-refractivity contribution >= 4 is 5.65 Å². The van der Waals surface area contributed by atoms with Crippen LogP contribution in [0.1, 0.15) is 12.8 Å². The van der Waals surface area contributed by atoms with E-state index in [4.69, 9.17) is 14.2 Å². The lowest BCUT2D eigenvalue weighted by Gasteiger charge is -2.22. The number of benzene rings is 1. The van der Waals surface area contributed by atoms with Crippen LogP contribution in [0.15, 0.2) is 73.3 Å². The van der Waals surface area contributed by atoms with Gasteiger partial charge in [0, 0.05) is 37.4 Å². The summed E-state index contributed by atoms with van der Waals surface area (Å²) in [5, 5.41) is 0. The Morgan fingerprint density at radius 3 is 2.52 bits per heavy atom. The predicted octanol–water partition coefficient (Wildman–Crippen LogP) is 4.64. The first-order valence-electron chi connectivity index (χ1n) is 10.7. The van der Waals surface area contributed by atoms with Crippen molar-refractivity contribution in [2.75, 3.05) is 26.4 Å². The second-order valence-electron chi connectivity index (χ2n) is 7.58. The van der Waals surface area contributed by atoms with Gasteiger partial charge in [-0.2, -0.15) is 0 Å². The smallest absolute Gasteiger partial charge is 0.137 e. The summed E-state index contributed by atoms with van der Waals surface area (Å²) in [6, 6.07) is 16.3. The lowest BCUT2D eigenvalue weighted by Crippen LogP contribution is -2.25. The summed E-state index contributed by atoms with van der Waals surface area (Å²) in [6.45, 7) is 2.73. The van der Waals surface area contributed by atoms with E-state index in [1.165, 1.54) is 0 Å². The molecule has 6 nitrogen and oxygen atoms in total. The minimum atomic E-state index is 0.300. The average molecular weight is 415 g/mol. The zero-order chi connectivity index (χ0) is 20.9. The summed E-state index contributed by atoms with van der Waals surface area (Å²) in [4.78, 5) is 8.69. The van der Waals surface area contributed by atoms with Gasteiger partial charge >= 0.3 is 0 Å². The molecule has 0 amide bonds. The Balaban J connectivity index is 1.23. The first kappa shape index (κ1) is 19.7. The number of imidazole rings is 1. The van der Waals surface area contributed by atoms with Crippen LogP contribution in [0, 0.1) is 0 Å². The van der Waals surface area contributed by atoms with Gasteiger partial charge in [-0.05, 0) is 72.5 Å². The second-order valence-corrected chi connectivity index (χ2v) is 7.58. The van der Waals surface area contributed by atoms with Crippen molar-refractivity contribution in [3.63, 3.8) is 0 Å². The summed E-state index contributed by atoms with van der Waals surface area (Å²) >= 11 is 0. The molecule has 3 aromatic heterocycles. The Labute approximate surface area is 181 Å². The van der Waals surface area contributed by atoms with Gasteiger partial charge in [0.15, 0.2) is 0 Å². The first-order valence-corrected chi connectivity index (χ1v) is 10.7. The Hall–Kier alpha value is -3.22. The fourth-order valence-electron chi connectivity index (χ4n) is 3.86. The number of ether oxygens (including phenoxy) is 3. The Morgan fingerprint density at radius 2 is 1.71 bits per heavy atom. The minimum absolute atomic E-state index is 0.300. The number of aromatic nitrogens is 3. The minimum Gasteiger partial charge on any atom is -0.491 e. The molecule has 1 fully saturated rings. The molecule has 0 radical (unpaired) electrons. The molecule has 0 aliphatic carbocycles. The van der Waals surface area contributed by atoms with E-state index in [1.807, 2.05) is 30.5 Å². The second kappa shape index (κ2) is 9.29. The first-order chi connectivity index (χ1) is 15.4. The average Bonchev–Trinajstić information content (AvgIpc) is 3.27. The summed E-state index contributed by atoms with van der Waals surface area (Å²) in [5.41, 5.74) is 5.30. The molecule has 4 aromatic rings. The van der Waals surface area contributed by atoms with E-state index in [-0.39, 0.29) is 0 Å². The quantitative estimate of drug-likeness (QED) is 0.412. The zero-order valence-corrected chi connectivity index (χ0v) is 17.3. The van der Waals surface area contributed by atoms with E-state index in [1.54, 1.807) is 12.4 Å². The molecule has 31 heavy (non-hydrogen) atoms. The largest absolute Gasteiger partial charge is 0.491 e. The molecule has 0 saturated carbocycles. The van der Waals surface area contributed by atoms with E-state index in [2.05, 4.69) is 44.8 Å². The number of rotatable bonds is 7. The molecule has 5 rings (SSSR count). The molecule has 0 spiro atoms. The van der Waals surface area contributed by atoms with E-state index in [9.17, 15) is 0 Å². The third-order valence-electron chi connectivity index (χ3n) is 5.55. The highest BCUT2D eigenvalue weighted by atomic mass is 16.5. The summed E-state index contributed by atoms with van der Waals surface area (Å²) in [5.74, 6) is 0.841. The van der Waals surface area contributed by atoms with Gasteiger partial charge in [0.1, 0.15) is 18.0 Å². The van der Waals surface area contributed by atoms with Crippen molar-refractivity contribution in [3.8, 4) is 28.1 Å². The molecule has 1 aliphatic heterocycles. The van der Waals surface area contributed by atoms with E-state index in [0.717, 1.165) is 59.8 Å². The molecule has 1 aliphatic rings. The Bertz CT molecular complexity index is 1120. The topological polar surface area (TPSA) is 57.9 Å². The number of hydrogen-bond acceptors (Lipinski definition) is 5. The highest BCUT2D eigenvalue weighted by Crippen LogP contribution is 2.26. The Morgan fingerprint density at radius 1 is 0.903 bits per heavy atom. The lowest BCUT2D eigenvalue weighted by molar-refractivity contribution is -0.0388. The highest BCUT2D eigenvalue weighted by Gasteiger charge is 2.13. The van der Waals surface area contributed by atoms with Crippen LogP contribution in [0.4, 0.5) is 0 Å². The Kier molecular flexibility index (Phi) is 5.91. The van der Waals surface area contributed by atoms with Gasteiger partial charge < -0.3 is 14.2 Å². The van der Waals surface area contributed by atoms with Crippen LogP contribution in [0.3, 0.4) is 0 Å². The van der Waals surface area contributed by atoms with Crippen molar-refractivity contribution in [3.05, 3.63) is 73.3 Å². The van der Waals surface area contributed by atoms with Gasteiger partial charge in [-0.15, -0.1) is 0 Å². The molecule has 0 N–H and O–H groups in total. The van der Waals surface area contributed by atoms with E-state index < -0.39 is 0 Å². The maximum Gasteiger partial charge on any atom is 0.137 e. The molecule has 158 valence electrons. The fraction of sp³-hybridized carbons (Fsp3) is 0.280. The van der Waals surface area contributed by atoms with Crippen LogP contribution in [-0.2, 0) is 9.47 Å². The van der Waals surface area contributed by atoms with E-state index in [0.29, 0.717) is 19.3 Å². The van der Waals surface area contributed by atoms with Crippen LogP contribution in [-0.4, -0.2) is 46.9 Å². The van der Waals surface area contributed by atoms with Gasteiger partial charge in [0.25, 0.3) is 0 Å². The van der Waals surface area contributed by atoms with Crippen LogP contribution >= 0.6 is 0 Å². The van der Waals surface area contributed by atoms with Gasteiger partial charge in [-0.3, -0.25) is 9.38 Å². The molecule has 4 heterocycles. The van der Waals surface area contributed by atoms with Crippen LogP contribution in [0.25, 0.3) is 28.0 Å². The van der Waals surface area contributed by atoms with Crippen LogP contribution in [0.2, 0.25) is 0 Å². The lowest BCUT2D eigenvalue weighted by atomic mass is 10.1. The molecule has 6 heteroatoms. The summed E-state index contributed by atoms with van der Waals surface area (Å²) in [7, 11) is 0. The van der Waals surface area contributed by atoms with Crippen LogP contribution in [0.5, 0.6) is 5.75 Å².